The number of benzene rings is 1. The van der Waals surface area contributed by atoms with Gasteiger partial charge in [-0.1, -0.05) is 19.4 Å². The van der Waals surface area contributed by atoms with Crippen LogP contribution in [0.1, 0.15) is 38.2 Å². The smallest absolute Gasteiger partial charge is 0.138 e. The first-order valence-electron chi connectivity index (χ1n) is 5.32. The third kappa shape index (κ3) is 3.58. The Hall–Kier alpha value is -0.930. The standard InChI is InChI=1S/C12H19NO2.ClH/c1-3-4-10(8(2)14)9-5-6-12(15)11(13)7-9;/h5-8,10,14-15H,3-4,13H2,1-2H3;1H. The molecule has 1 aromatic carbocycles. The van der Waals surface area contributed by atoms with E-state index in [1.165, 1.54) is 0 Å². The third-order valence-corrected chi connectivity index (χ3v) is 2.66. The van der Waals surface area contributed by atoms with Gasteiger partial charge >= 0.3 is 0 Å². The second-order valence-corrected chi connectivity index (χ2v) is 3.95. The van der Waals surface area contributed by atoms with Gasteiger partial charge in [0.05, 0.1) is 11.8 Å². The number of rotatable bonds is 4. The van der Waals surface area contributed by atoms with Crippen molar-refractivity contribution >= 4 is 18.1 Å². The zero-order chi connectivity index (χ0) is 11.4. The van der Waals surface area contributed by atoms with Gasteiger partial charge in [-0.3, -0.25) is 0 Å². The summed E-state index contributed by atoms with van der Waals surface area (Å²) < 4.78 is 0. The molecule has 4 N–H and O–H groups in total. The second-order valence-electron chi connectivity index (χ2n) is 3.95. The highest BCUT2D eigenvalue weighted by Gasteiger charge is 2.17. The summed E-state index contributed by atoms with van der Waals surface area (Å²) in [7, 11) is 0. The maximum atomic E-state index is 9.65. The lowest BCUT2D eigenvalue weighted by Gasteiger charge is -2.20. The van der Waals surface area contributed by atoms with E-state index in [0.29, 0.717) is 5.69 Å². The van der Waals surface area contributed by atoms with Crippen molar-refractivity contribution in [1.82, 2.24) is 0 Å². The SMILES string of the molecule is CCCC(c1ccc(O)c(N)c1)C(C)O.Cl. The fraction of sp³-hybridized carbons (Fsp3) is 0.500. The van der Waals surface area contributed by atoms with Gasteiger partial charge in [0.2, 0.25) is 0 Å². The lowest BCUT2D eigenvalue weighted by Crippen LogP contribution is -2.14. The van der Waals surface area contributed by atoms with Gasteiger partial charge in [-0.25, -0.2) is 0 Å². The van der Waals surface area contributed by atoms with Crippen LogP contribution in [0.25, 0.3) is 0 Å². The first-order chi connectivity index (χ1) is 7.06. The molecule has 0 saturated heterocycles. The molecule has 0 spiro atoms. The van der Waals surface area contributed by atoms with E-state index < -0.39 is 6.10 Å². The molecule has 0 fully saturated rings. The zero-order valence-corrected chi connectivity index (χ0v) is 10.5. The molecule has 0 saturated carbocycles. The summed E-state index contributed by atoms with van der Waals surface area (Å²) in [4.78, 5) is 0. The number of anilines is 1. The number of hydrogen-bond acceptors (Lipinski definition) is 3. The van der Waals surface area contributed by atoms with Gasteiger partial charge in [0.1, 0.15) is 5.75 Å². The maximum Gasteiger partial charge on any atom is 0.138 e. The zero-order valence-electron chi connectivity index (χ0n) is 9.68. The van der Waals surface area contributed by atoms with Crippen molar-refractivity contribution in [3.05, 3.63) is 23.8 Å². The highest BCUT2D eigenvalue weighted by Crippen LogP contribution is 2.29. The molecular formula is C12H20ClNO2. The van der Waals surface area contributed by atoms with Crippen molar-refractivity contribution in [3.8, 4) is 5.75 Å². The molecular weight excluding hydrogens is 226 g/mol. The number of aromatic hydroxyl groups is 1. The van der Waals surface area contributed by atoms with E-state index in [2.05, 4.69) is 6.92 Å². The first kappa shape index (κ1) is 15.1. The molecule has 0 aliphatic rings. The van der Waals surface area contributed by atoms with Crippen LogP contribution < -0.4 is 5.73 Å². The van der Waals surface area contributed by atoms with Gasteiger partial charge in [0.25, 0.3) is 0 Å². The summed E-state index contributed by atoms with van der Waals surface area (Å²) in [6.45, 7) is 3.86. The molecule has 1 rings (SSSR count). The predicted molar refractivity (Wildman–Crippen MR) is 69.1 cm³/mol. The van der Waals surface area contributed by atoms with E-state index >= 15 is 0 Å². The molecule has 2 atom stereocenters. The first-order valence-corrected chi connectivity index (χ1v) is 5.32. The van der Waals surface area contributed by atoms with Gasteiger partial charge in [-0.05, 0) is 31.0 Å². The fourth-order valence-electron chi connectivity index (χ4n) is 1.80. The van der Waals surface area contributed by atoms with Crippen molar-refractivity contribution < 1.29 is 10.2 Å². The summed E-state index contributed by atoms with van der Waals surface area (Å²) >= 11 is 0. The quantitative estimate of drug-likeness (QED) is 0.564. The molecule has 0 aliphatic carbocycles. The molecule has 0 amide bonds. The van der Waals surface area contributed by atoms with Crippen LogP contribution in [0.3, 0.4) is 0 Å². The number of halogens is 1. The Morgan fingerprint density at radius 3 is 2.44 bits per heavy atom. The van der Waals surface area contributed by atoms with E-state index in [1.807, 2.05) is 6.07 Å². The minimum atomic E-state index is -0.395. The largest absolute Gasteiger partial charge is 0.506 e. The number of nitrogen functional groups attached to an aromatic ring is 1. The minimum Gasteiger partial charge on any atom is -0.506 e. The summed E-state index contributed by atoms with van der Waals surface area (Å²) in [5.41, 5.74) is 6.98. The number of nitrogens with two attached hydrogens (primary N) is 1. The summed E-state index contributed by atoms with van der Waals surface area (Å²) in [5, 5.41) is 19.0. The monoisotopic (exact) mass is 245 g/mol. The fourth-order valence-corrected chi connectivity index (χ4v) is 1.80. The van der Waals surface area contributed by atoms with Gasteiger partial charge in [0, 0.05) is 5.92 Å². The van der Waals surface area contributed by atoms with Crippen molar-refractivity contribution in [2.24, 2.45) is 0 Å². The Labute approximate surface area is 103 Å². The van der Waals surface area contributed by atoms with E-state index in [1.54, 1.807) is 19.1 Å². The second kappa shape index (κ2) is 6.61. The summed E-state index contributed by atoms with van der Waals surface area (Å²) in [5.74, 6) is 0.192. The molecule has 4 heteroatoms. The highest BCUT2D eigenvalue weighted by molar-refractivity contribution is 5.85. The van der Waals surface area contributed by atoms with E-state index in [0.717, 1.165) is 18.4 Å². The van der Waals surface area contributed by atoms with E-state index in [4.69, 9.17) is 5.73 Å². The van der Waals surface area contributed by atoms with Crippen LogP contribution in [-0.4, -0.2) is 16.3 Å². The van der Waals surface area contributed by atoms with E-state index in [-0.39, 0.29) is 24.1 Å². The average molecular weight is 246 g/mol. The van der Waals surface area contributed by atoms with Crippen LogP contribution in [-0.2, 0) is 0 Å². The summed E-state index contributed by atoms with van der Waals surface area (Å²) in [6, 6.07) is 5.14. The van der Waals surface area contributed by atoms with Gasteiger partial charge in [0.15, 0.2) is 0 Å². The van der Waals surface area contributed by atoms with Crippen LogP contribution in [0, 0.1) is 0 Å². The molecule has 0 heterocycles. The molecule has 92 valence electrons. The Morgan fingerprint density at radius 2 is 2.00 bits per heavy atom. The van der Waals surface area contributed by atoms with Crippen molar-refractivity contribution in [3.63, 3.8) is 0 Å². The van der Waals surface area contributed by atoms with E-state index in [9.17, 15) is 10.2 Å². The number of aliphatic hydroxyl groups excluding tert-OH is 1. The Balaban J connectivity index is 0.00000225. The molecule has 0 radical (unpaired) electrons. The van der Waals surface area contributed by atoms with Crippen LogP contribution in [0.15, 0.2) is 18.2 Å². The molecule has 16 heavy (non-hydrogen) atoms. The minimum absolute atomic E-state index is 0. The number of phenols is 1. The predicted octanol–water partition coefficient (Wildman–Crippen LogP) is 2.66. The van der Waals surface area contributed by atoms with Crippen molar-refractivity contribution in [1.29, 1.82) is 0 Å². The number of phenolic OH excluding ortho intramolecular Hbond substituents is 1. The molecule has 0 aliphatic heterocycles. The normalized spacial score (nSPS) is 13.9. The van der Waals surface area contributed by atoms with Crippen LogP contribution in [0.4, 0.5) is 5.69 Å². The summed E-state index contributed by atoms with van der Waals surface area (Å²) in [6.07, 6.45) is 1.53. The molecule has 0 aromatic heterocycles. The molecule has 0 bridgehead atoms. The van der Waals surface area contributed by atoms with Crippen LogP contribution in [0.2, 0.25) is 0 Å². The Bertz CT molecular complexity index is 329. The number of aliphatic hydroxyl groups is 1. The molecule has 3 nitrogen and oxygen atoms in total. The van der Waals surface area contributed by atoms with Gasteiger partial charge < -0.3 is 15.9 Å². The molecule has 2 unspecified atom stereocenters. The number of hydrogen-bond donors (Lipinski definition) is 3. The van der Waals surface area contributed by atoms with Crippen molar-refractivity contribution in [2.75, 3.05) is 5.73 Å². The Morgan fingerprint density at radius 1 is 1.38 bits per heavy atom. The lowest BCUT2D eigenvalue weighted by molar-refractivity contribution is 0.157. The van der Waals surface area contributed by atoms with Gasteiger partial charge in [-0.15, -0.1) is 12.4 Å². The van der Waals surface area contributed by atoms with Gasteiger partial charge in [-0.2, -0.15) is 0 Å². The lowest BCUT2D eigenvalue weighted by atomic mass is 9.90. The highest BCUT2D eigenvalue weighted by atomic mass is 35.5. The third-order valence-electron chi connectivity index (χ3n) is 2.66. The van der Waals surface area contributed by atoms with Crippen LogP contribution >= 0.6 is 12.4 Å². The average Bonchev–Trinajstić information content (AvgIpc) is 2.18. The Kier molecular flexibility index (Phi) is 6.22. The van der Waals surface area contributed by atoms with Crippen LogP contribution in [0.5, 0.6) is 5.75 Å². The van der Waals surface area contributed by atoms with Crippen molar-refractivity contribution in [2.45, 2.75) is 38.7 Å². The maximum absolute atomic E-state index is 9.65. The topological polar surface area (TPSA) is 66.5 Å². The molecule has 1 aromatic rings.